The third kappa shape index (κ3) is 2.64. The summed E-state index contributed by atoms with van der Waals surface area (Å²) >= 11 is 0. The lowest BCUT2D eigenvalue weighted by Crippen LogP contribution is -2.28. The van der Waals surface area contributed by atoms with Crippen LogP contribution in [0.1, 0.15) is 64.1 Å². The molecule has 0 saturated heterocycles. The van der Waals surface area contributed by atoms with Crippen molar-refractivity contribution in [2.24, 2.45) is 10.8 Å². The highest BCUT2D eigenvalue weighted by molar-refractivity contribution is 5.33. The minimum atomic E-state index is -0.288. The third-order valence-electron chi connectivity index (χ3n) is 3.83. The van der Waals surface area contributed by atoms with Gasteiger partial charge in [-0.2, -0.15) is 0 Å². The molecule has 18 heavy (non-hydrogen) atoms. The molecule has 2 heteroatoms. The Balaban J connectivity index is 2.45. The SMILES string of the molecule is Cc1cc2c(n1CC(C)(C)C)CC(C)(C)CC2O. The number of aliphatic hydroxyl groups is 1. The predicted octanol–water partition coefficient (Wildman–Crippen LogP) is 3.85. The van der Waals surface area contributed by atoms with Crippen LogP contribution < -0.4 is 0 Å². The second kappa shape index (κ2) is 4.12. The van der Waals surface area contributed by atoms with Crippen molar-refractivity contribution < 1.29 is 5.11 Å². The summed E-state index contributed by atoms with van der Waals surface area (Å²) < 4.78 is 2.42. The minimum Gasteiger partial charge on any atom is -0.388 e. The fourth-order valence-corrected chi connectivity index (χ4v) is 3.09. The lowest BCUT2D eigenvalue weighted by Gasteiger charge is -2.35. The number of aryl methyl sites for hydroxylation is 1. The molecule has 2 rings (SSSR count). The minimum absolute atomic E-state index is 0.201. The van der Waals surface area contributed by atoms with E-state index in [0.29, 0.717) is 0 Å². The first-order valence-corrected chi connectivity index (χ1v) is 6.96. The Kier molecular flexibility index (Phi) is 3.13. The van der Waals surface area contributed by atoms with Gasteiger partial charge in [0.1, 0.15) is 0 Å². The Morgan fingerprint density at radius 1 is 1.39 bits per heavy atom. The van der Waals surface area contributed by atoms with Gasteiger partial charge in [0.2, 0.25) is 0 Å². The van der Waals surface area contributed by atoms with Gasteiger partial charge in [0.15, 0.2) is 0 Å². The van der Waals surface area contributed by atoms with E-state index in [-0.39, 0.29) is 16.9 Å². The Morgan fingerprint density at radius 3 is 2.56 bits per heavy atom. The van der Waals surface area contributed by atoms with Crippen molar-refractivity contribution in [1.82, 2.24) is 4.57 Å². The molecule has 0 radical (unpaired) electrons. The number of fused-ring (bicyclic) bond motifs is 1. The van der Waals surface area contributed by atoms with E-state index in [4.69, 9.17) is 0 Å². The molecule has 0 bridgehead atoms. The topological polar surface area (TPSA) is 25.2 Å². The molecule has 1 N–H and O–H groups in total. The summed E-state index contributed by atoms with van der Waals surface area (Å²) in [6.07, 6.45) is 1.66. The third-order valence-corrected chi connectivity index (χ3v) is 3.83. The summed E-state index contributed by atoms with van der Waals surface area (Å²) in [5.74, 6) is 0. The van der Waals surface area contributed by atoms with Crippen LogP contribution in [0.25, 0.3) is 0 Å². The average Bonchev–Trinajstić information content (AvgIpc) is 2.41. The summed E-state index contributed by atoms with van der Waals surface area (Å²) in [7, 11) is 0. The van der Waals surface area contributed by atoms with Gasteiger partial charge in [-0.1, -0.05) is 34.6 Å². The molecule has 0 amide bonds. The molecule has 1 aromatic rings. The van der Waals surface area contributed by atoms with Crippen LogP contribution >= 0.6 is 0 Å². The molecular formula is C16H27NO. The fourth-order valence-electron chi connectivity index (χ4n) is 3.09. The van der Waals surface area contributed by atoms with E-state index in [1.54, 1.807) is 0 Å². The van der Waals surface area contributed by atoms with Gasteiger partial charge in [-0.25, -0.2) is 0 Å². The molecule has 0 saturated carbocycles. The summed E-state index contributed by atoms with van der Waals surface area (Å²) in [5.41, 5.74) is 4.27. The molecule has 0 fully saturated rings. The second-order valence-corrected chi connectivity index (χ2v) is 7.90. The van der Waals surface area contributed by atoms with E-state index in [0.717, 1.165) is 24.9 Å². The van der Waals surface area contributed by atoms with Crippen LogP contribution in [-0.4, -0.2) is 9.67 Å². The van der Waals surface area contributed by atoms with Crippen molar-refractivity contribution in [2.45, 2.75) is 67.0 Å². The molecule has 0 aromatic carbocycles. The molecule has 0 aliphatic heterocycles. The second-order valence-electron chi connectivity index (χ2n) is 7.90. The average molecular weight is 249 g/mol. The number of hydrogen-bond acceptors (Lipinski definition) is 1. The van der Waals surface area contributed by atoms with E-state index in [1.165, 1.54) is 11.4 Å². The smallest absolute Gasteiger partial charge is 0.0812 e. The zero-order chi connectivity index (χ0) is 13.7. The maximum Gasteiger partial charge on any atom is 0.0812 e. The lowest BCUT2D eigenvalue weighted by molar-refractivity contribution is 0.0972. The molecular weight excluding hydrogens is 222 g/mol. The van der Waals surface area contributed by atoms with Crippen molar-refractivity contribution in [3.8, 4) is 0 Å². The van der Waals surface area contributed by atoms with Crippen LogP contribution in [0.5, 0.6) is 0 Å². The van der Waals surface area contributed by atoms with Gasteiger partial charge < -0.3 is 9.67 Å². The number of rotatable bonds is 1. The van der Waals surface area contributed by atoms with Gasteiger partial charge in [0.25, 0.3) is 0 Å². The zero-order valence-corrected chi connectivity index (χ0v) is 12.7. The highest BCUT2D eigenvalue weighted by atomic mass is 16.3. The van der Waals surface area contributed by atoms with Crippen LogP contribution in [0.3, 0.4) is 0 Å². The highest BCUT2D eigenvalue weighted by Gasteiger charge is 2.34. The summed E-state index contributed by atoms with van der Waals surface area (Å²) in [4.78, 5) is 0. The molecule has 1 unspecified atom stereocenters. The number of aliphatic hydroxyl groups excluding tert-OH is 1. The summed E-state index contributed by atoms with van der Waals surface area (Å²) in [6.45, 7) is 14.5. The molecule has 1 heterocycles. The first kappa shape index (κ1) is 13.7. The lowest BCUT2D eigenvalue weighted by atomic mass is 9.75. The first-order valence-electron chi connectivity index (χ1n) is 6.96. The van der Waals surface area contributed by atoms with Crippen LogP contribution in [0.2, 0.25) is 0 Å². The summed E-state index contributed by atoms with van der Waals surface area (Å²) in [6, 6.07) is 2.18. The van der Waals surface area contributed by atoms with Crippen LogP contribution in [0, 0.1) is 17.8 Å². The maximum absolute atomic E-state index is 10.3. The van der Waals surface area contributed by atoms with E-state index < -0.39 is 0 Å². The van der Waals surface area contributed by atoms with Gasteiger partial charge in [0, 0.05) is 23.5 Å². The molecule has 102 valence electrons. The maximum atomic E-state index is 10.3. The normalized spacial score (nSPS) is 22.9. The molecule has 2 nitrogen and oxygen atoms in total. The number of aromatic nitrogens is 1. The van der Waals surface area contributed by atoms with Crippen molar-refractivity contribution in [2.75, 3.05) is 0 Å². The number of hydrogen-bond donors (Lipinski definition) is 1. The first-order chi connectivity index (χ1) is 8.09. The predicted molar refractivity (Wildman–Crippen MR) is 75.7 cm³/mol. The Morgan fingerprint density at radius 2 is 2.00 bits per heavy atom. The van der Waals surface area contributed by atoms with Crippen molar-refractivity contribution >= 4 is 0 Å². The largest absolute Gasteiger partial charge is 0.388 e. The monoisotopic (exact) mass is 249 g/mol. The van der Waals surface area contributed by atoms with Gasteiger partial charge >= 0.3 is 0 Å². The van der Waals surface area contributed by atoms with Gasteiger partial charge in [-0.3, -0.25) is 0 Å². The molecule has 1 aliphatic rings. The van der Waals surface area contributed by atoms with E-state index in [2.05, 4.69) is 52.2 Å². The highest BCUT2D eigenvalue weighted by Crippen LogP contribution is 2.42. The van der Waals surface area contributed by atoms with Crippen LogP contribution in [0.4, 0.5) is 0 Å². The summed E-state index contributed by atoms with van der Waals surface area (Å²) in [5, 5.41) is 10.3. The Labute approximate surface area is 111 Å². The molecule has 0 spiro atoms. The molecule has 1 aliphatic carbocycles. The van der Waals surface area contributed by atoms with Crippen molar-refractivity contribution in [1.29, 1.82) is 0 Å². The standard InChI is InChI=1S/C16H27NO/c1-11-7-12-13(17(11)10-15(2,3)4)8-16(5,6)9-14(12)18/h7,14,18H,8-10H2,1-6H3. The molecule has 1 atom stereocenters. The van der Waals surface area contributed by atoms with E-state index >= 15 is 0 Å². The van der Waals surface area contributed by atoms with Crippen molar-refractivity contribution in [3.63, 3.8) is 0 Å². The van der Waals surface area contributed by atoms with E-state index in [9.17, 15) is 5.11 Å². The Hall–Kier alpha value is -0.760. The quantitative estimate of drug-likeness (QED) is 0.803. The fraction of sp³-hybridized carbons (Fsp3) is 0.750. The zero-order valence-electron chi connectivity index (χ0n) is 12.7. The van der Waals surface area contributed by atoms with Crippen molar-refractivity contribution in [3.05, 3.63) is 23.0 Å². The Bertz CT molecular complexity index is 448. The van der Waals surface area contributed by atoms with Gasteiger partial charge in [0.05, 0.1) is 6.10 Å². The van der Waals surface area contributed by atoms with Gasteiger partial charge in [-0.15, -0.1) is 0 Å². The van der Waals surface area contributed by atoms with Gasteiger partial charge in [-0.05, 0) is 36.7 Å². The number of nitrogens with zero attached hydrogens (tertiary/aromatic N) is 1. The van der Waals surface area contributed by atoms with E-state index in [1.807, 2.05) is 0 Å². The van der Waals surface area contributed by atoms with Crippen LogP contribution in [0.15, 0.2) is 6.07 Å². The molecule has 1 aromatic heterocycles. The van der Waals surface area contributed by atoms with Crippen LogP contribution in [-0.2, 0) is 13.0 Å².